The summed E-state index contributed by atoms with van der Waals surface area (Å²) in [6, 6.07) is 16.4. The number of rotatable bonds is 12. The Morgan fingerprint density at radius 2 is 1.74 bits per heavy atom. The van der Waals surface area contributed by atoms with E-state index in [2.05, 4.69) is 15.4 Å². The molecule has 3 rings (SSSR count). The van der Waals surface area contributed by atoms with Gasteiger partial charge in [0.25, 0.3) is 0 Å². The molecule has 0 aliphatic heterocycles. The zero-order valence-corrected chi connectivity index (χ0v) is 21.0. The number of Topliss-reactive ketones (excluding diaryl/α,β-unsaturated/α-hetero) is 1. The number of para-hydroxylation sites is 1. The van der Waals surface area contributed by atoms with Gasteiger partial charge in [-0.25, -0.2) is 14.0 Å². The van der Waals surface area contributed by atoms with E-state index in [-0.39, 0.29) is 31.0 Å². The molecule has 0 saturated heterocycles. The van der Waals surface area contributed by atoms with Crippen molar-refractivity contribution in [2.45, 2.75) is 6.42 Å². The van der Waals surface area contributed by atoms with Gasteiger partial charge in [0, 0.05) is 18.7 Å². The molecule has 11 heteroatoms. The minimum absolute atomic E-state index is 0.0208. The average Bonchev–Trinajstić information content (AvgIpc) is 2.91. The third-order valence-electron chi connectivity index (χ3n) is 5.33. The second kappa shape index (κ2) is 13.7. The molecule has 200 valence electrons. The van der Waals surface area contributed by atoms with E-state index in [1.54, 1.807) is 42.5 Å². The van der Waals surface area contributed by atoms with Crippen LogP contribution < -0.4 is 26.2 Å². The molecule has 0 spiro atoms. The number of hydrogen-bond acceptors (Lipinski definition) is 8. The molecule has 3 aromatic carbocycles. The number of benzene rings is 3. The second-order valence-corrected chi connectivity index (χ2v) is 8.04. The van der Waals surface area contributed by atoms with E-state index in [9.17, 15) is 18.8 Å². The highest BCUT2D eigenvalue weighted by molar-refractivity contribution is 6.00. The minimum Gasteiger partial charge on any atom is -0.490 e. The number of esters is 1. The van der Waals surface area contributed by atoms with E-state index in [0.29, 0.717) is 29.2 Å². The lowest BCUT2D eigenvalue weighted by atomic mass is 10.1. The van der Waals surface area contributed by atoms with E-state index in [1.807, 2.05) is 0 Å². The van der Waals surface area contributed by atoms with E-state index < -0.39 is 17.8 Å². The molecule has 0 saturated carbocycles. The van der Waals surface area contributed by atoms with E-state index in [4.69, 9.17) is 15.3 Å². The largest absolute Gasteiger partial charge is 0.490 e. The number of halogens is 1. The first-order valence-electron chi connectivity index (χ1n) is 11.6. The van der Waals surface area contributed by atoms with Gasteiger partial charge in [0.05, 0.1) is 32.0 Å². The summed E-state index contributed by atoms with van der Waals surface area (Å²) in [6.07, 6.45) is 0.198. The van der Waals surface area contributed by atoms with Crippen LogP contribution in [0, 0.1) is 5.82 Å². The molecule has 0 fully saturated rings. The summed E-state index contributed by atoms with van der Waals surface area (Å²) < 4.78 is 24.3. The Balaban J connectivity index is 1.40. The summed E-state index contributed by atoms with van der Waals surface area (Å²) in [7, 11) is 2.55. The van der Waals surface area contributed by atoms with Crippen LogP contribution in [0.3, 0.4) is 0 Å². The smallest absolute Gasteiger partial charge is 0.350 e. The van der Waals surface area contributed by atoms with Crippen molar-refractivity contribution in [1.29, 1.82) is 0 Å². The predicted octanol–water partition coefficient (Wildman–Crippen LogP) is 3.57. The molecule has 0 aliphatic rings. The summed E-state index contributed by atoms with van der Waals surface area (Å²) in [4.78, 5) is 41.4. The Bertz CT molecular complexity index is 1270. The molecular weight excluding hydrogens is 495 g/mol. The number of methoxy groups -OCH3 is 1. The number of nitrogens with zero attached hydrogens (tertiary/aromatic N) is 1. The predicted molar refractivity (Wildman–Crippen MR) is 141 cm³/mol. The third-order valence-corrected chi connectivity index (χ3v) is 5.33. The van der Waals surface area contributed by atoms with Gasteiger partial charge in [0.2, 0.25) is 0 Å². The van der Waals surface area contributed by atoms with Crippen LogP contribution in [0.1, 0.15) is 15.9 Å². The minimum atomic E-state index is -0.672. The summed E-state index contributed by atoms with van der Waals surface area (Å²) in [5.74, 6) is -0.688. The van der Waals surface area contributed by atoms with Crippen LogP contribution in [0.4, 0.5) is 26.2 Å². The third kappa shape index (κ3) is 7.76. The number of anilines is 3. The van der Waals surface area contributed by atoms with Crippen molar-refractivity contribution in [3.8, 4) is 5.75 Å². The van der Waals surface area contributed by atoms with Crippen LogP contribution in [0.2, 0.25) is 0 Å². The molecule has 0 heterocycles. The highest BCUT2D eigenvalue weighted by atomic mass is 19.1. The fourth-order valence-electron chi connectivity index (χ4n) is 3.46. The Kier molecular flexibility index (Phi) is 10.1. The van der Waals surface area contributed by atoms with Crippen LogP contribution in [0.15, 0.2) is 66.7 Å². The molecule has 3 aromatic rings. The molecule has 2 amide bonds. The van der Waals surface area contributed by atoms with Crippen molar-refractivity contribution in [2.75, 3.05) is 50.0 Å². The van der Waals surface area contributed by atoms with Gasteiger partial charge in [-0.2, -0.15) is 5.06 Å². The lowest BCUT2D eigenvalue weighted by Gasteiger charge is -2.20. The number of ketones is 1. The zero-order valence-electron chi connectivity index (χ0n) is 21.0. The van der Waals surface area contributed by atoms with Crippen molar-refractivity contribution >= 4 is 34.8 Å². The molecule has 0 unspecified atom stereocenters. The van der Waals surface area contributed by atoms with Crippen molar-refractivity contribution in [3.63, 3.8) is 0 Å². The lowest BCUT2D eigenvalue weighted by Crippen LogP contribution is -2.34. The number of nitrogens with one attached hydrogen (secondary N) is 2. The molecule has 10 nitrogen and oxygen atoms in total. The molecule has 4 N–H and O–H groups in total. The first-order valence-corrected chi connectivity index (χ1v) is 11.6. The van der Waals surface area contributed by atoms with Gasteiger partial charge in [-0.3, -0.25) is 9.63 Å². The summed E-state index contributed by atoms with van der Waals surface area (Å²) in [6.45, 7) is 0.825. The Morgan fingerprint density at radius 3 is 2.39 bits per heavy atom. The molecule has 0 aromatic heterocycles. The standard InChI is InChI=1S/C27H29FN4O6/c1-36-26(34)19-9-12-25(23(29)16-19)38-14-13-30-17-21(33)15-18-7-10-20(11-8-18)31-27(35)32(37-2)24-6-4-3-5-22(24)28/h3-12,16,30H,13-15,17,29H2,1-2H3,(H,31,35). The van der Waals surface area contributed by atoms with Crippen molar-refractivity contribution in [3.05, 3.63) is 83.7 Å². The highest BCUT2D eigenvalue weighted by Crippen LogP contribution is 2.23. The van der Waals surface area contributed by atoms with E-state index >= 15 is 0 Å². The number of hydroxylamine groups is 1. The topological polar surface area (TPSA) is 132 Å². The number of urea groups is 1. The van der Waals surface area contributed by atoms with Crippen molar-refractivity contribution in [1.82, 2.24) is 5.32 Å². The first-order chi connectivity index (χ1) is 18.3. The Hall–Kier alpha value is -4.48. The molecule has 38 heavy (non-hydrogen) atoms. The Morgan fingerprint density at radius 1 is 1.00 bits per heavy atom. The van der Waals surface area contributed by atoms with Gasteiger partial charge in [0.1, 0.15) is 23.9 Å². The van der Waals surface area contributed by atoms with Crippen LogP contribution in [0.5, 0.6) is 5.75 Å². The second-order valence-electron chi connectivity index (χ2n) is 8.04. The SMILES string of the molecule is COC(=O)c1ccc(OCCNCC(=O)Cc2ccc(NC(=O)N(OC)c3ccccc3F)cc2)c(N)c1. The zero-order chi connectivity index (χ0) is 27.5. The van der Waals surface area contributed by atoms with Gasteiger partial charge in [-0.05, 0) is 48.0 Å². The maximum atomic E-state index is 14.0. The van der Waals surface area contributed by atoms with Crippen LogP contribution in [-0.2, 0) is 20.8 Å². The Labute approximate surface area is 219 Å². The van der Waals surface area contributed by atoms with Gasteiger partial charge in [0.15, 0.2) is 5.78 Å². The number of carbonyl (C=O) groups is 3. The number of ether oxygens (including phenoxy) is 2. The van der Waals surface area contributed by atoms with Crippen LogP contribution >= 0.6 is 0 Å². The quantitative estimate of drug-likeness (QED) is 0.142. The number of nitrogen functional groups attached to an aromatic ring is 1. The van der Waals surface area contributed by atoms with Crippen molar-refractivity contribution < 1.29 is 33.1 Å². The fourth-order valence-corrected chi connectivity index (χ4v) is 3.46. The summed E-state index contributed by atoms with van der Waals surface area (Å²) in [5.41, 5.74) is 7.74. The monoisotopic (exact) mass is 524 g/mol. The number of carbonyl (C=O) groups excluding carboxylic acids is 3. The first kappa shape index (κ1) is 28.1. The summed E-state index contributed by atoms with van der Waals surface area (Å²) in [5, 5.41) is 6.46. The average molecular weight is 525 g/mol. The molecule has 0 radical (unpaired) electrons. The van der Waals surface area contributed by atoms with Gasteiger partial charge in [-0.15, -0.1) is 0 Å². The maximum Gasteiger partial charge on any atom is 0.350 e. The van der Waals surface area contributed by atoms with Gasteiger partial charge in [-0.1, -0.05) is 24.3 Å². The van der Waals surface area contributed by atoms with Gasteiger partial charge < -0.3 is 25.8 Å². The van der Waals surface area contributed by atoms with Crippen LogP contribution in [-0.4, -0.2) is 51.7 Å². The maximum absolute atomic E-state index is 14.0. The number of hydrogen-bond donors (Lipinski definition) is 3. The lowest BCUT2D eigenvalue weighted by molar-refractivity contribution is -0.117. The summed E-state index contributed by atoms with van der Waals surface area (Å²) >= 11 is 0. The number of nitrogens with two attached hydrogens (primary N) is 1. The van der Waals surface area contributed by atoms with E-state index in [0.717, 1.165) is 10.6 Å². The normalized spacial score (nSPS) is 10.5. The molecular formula is C27H29FN4O6. The number of amides is 2. The van der Waals surface area contributed by atoms with Crippen LogP contribution in [0.25, 0.3) is 0 Å². The molecule has 0 aliphatic carbocycles. The highest BCUT2D eigenvalue weighted by Gasteiger charge is 2.19. The van der Waals surface area contributed by atoms with Gasteiger partial charge >= 0.3 is 12.0 Å². The fraction of sp³-hybridized carbons (Fsp3) is 0.222. The molecule has 0 bridgehead atoms. The molecule has 0 atom stereocenters. The van der Waals surface area contributed by atoms with E-state index in [1.165, 1.54) is 38.5 Å². The van der Waals surface area contributed by atoms with Crippen molar-refractivity contribution in [2.24, 2.45) is 0 Å².